The van der Waals surface area contributed by atoms with Gasteiger partial charge in [-0.05, 0) is 34.8 Å². The fraction of sp³-hybridized carbons (Fsp3) is 0.400. The smallest absolute Gasteiger partial charge is 0.325 e. The molecule has 9 heteroatoms. The van der Waals surface area contributed by atoms with Crippen LogP contribution in [0.25, 0.3) is 0 Å². The van der Waals surface area contributed by atoms with Crippen molar-refractivity contribution in [3.8, 4) is 0 Å². The zero-order valence-corrected chi connectivity index (χ0v) is 14.4. The highest BCUT2D eigenvalue weighted by molar-refractivity contribution is 9.10. The first-order valence-electron chi connectivity index (χ1n) is 6.88. The van der Waals surface area contributed by atoms with E-state index in [1.165, 1.54) is 19.4 Å². The molecule has 0 fully saturated rings. The number of hydrogen-bond acceptors (Lipinski definition) is 6. The normalized spacial score (nSPS) is 13.1. The van der Waals surface area contributed by atoms with E-state index in [4.69, 9.17) is 9.84 Å². The van der Waals surface area contributed by atoms with Crippen LogP contribution < -0.4 is 0 Å². The molecular formula is C15H16BrNO7. The minimum Gasteiger partial charge on any atom is -0.481 e. The summed E-state index contributed by atoms with van der Waals surface area (Å²) in [5.74, 6) is -4.67. The summed E-state index contributed by atoms with van der Waals surface area (Å²) in [7, 11) is 1.20. The molecule has 0 spiro atoms. The van der Waals surface area contributed by atoms with E-state index in [1.807, 2.05) is 0 Å². The highest BCUT2D eigenvalue weighted by atomic mass is 79.9. The van der Waals surface area contributed by atoms with Gasteiger partial charge < -0.3 is 14.9 Å². The first-order chi connectivity index (χ1) is 11.3. The molecule has 0 saturated carbocycles. The van der Waals surface area contributed by atoms with E-state index in [2.05, 4.69) is 20.9 Å². The van der Waals surface area contributed by atoms with Crippen LogP contribution in [0.2, 0.25) is 0 Å². The molecule has 0 saturated heterocycles. The lowest BCUT2D eigenvalue weighted by molar-refractivity contribution is -0.153. The van der Waals surface area contributed by atoms with Crippen LogP contribution in [0.4, 0.5) is 0 Å². The highest BCUT2D eigenvalue weighted by Crippen LogP contribution is 2.32. The second kappa shape index (κ2) is 8.65. The Labute approximate surface area is 146 Å². The average Bonchev–Trinajstić information content (AvgIpc) is 2.50. The molecule has 0 aromatic carbocycles. The number of carbonyl (C=O) groups is 4. The quantitative estimate of drug-likeness (QED) is 0.446. The molecule has 1 aromatic rings. The zero-order chi connectivity index (χ0) is 18.3. The van der Waals surface area contributed by atoms with Crippen molar-refractivity contribution in [3.63, 3.8) is 0 Å². The van der Waals surface area contributed by atoms with E-state index >= 15 is 0 Å². The van der Waals surface area contributed by atoms with Crippen LogP contribution in [0.15, 0.2) is 22.9 Å². The topological polar surface area (TPSA) is 131 Å². The van der Waals surface area contributed by atoms with Crippen molar-refractivity contribution in [2.75, 3.05) is 13.7 Å². The minimum absolute atomic E-state index is 0.0634. The number of aromatic nitrogens is 1. The van der Waals surface area contributed by atoms with Gasteiger partial charge in [0.25, 0.3) is 0 Å². The molecule has 0 aliphatic heterocycles. The van der Waals surface area contributed by atoms with Crippen molar-refractivity contribution < 1.29 is 34.1 Å². The van der Waals surface area contributed by atoms with Crippen LogP contribution in [-0.2, 0) is 19.1 Å². The number of carboxylic acids is 2. The standard InChI is InChI=1S/C15H16BrNO7/c1-24-8-11(18)15(14(22)23,4-2-3-12(19)20)13(21)9-5-10(16)7-17-6-9/h5-7H,2-4,8H2,1H3,(H,19,20)(H,22,23). The molecule has 0 aliphatic rings. The predicted molar refractivity (Wildman–Crippen MR) is 84.7 cm³/mol. The molecule has 1 heterocycles. The van der Waals surface area contributed by atoms with Crippen LogP contribution in [0.1, 0.15) is 29.6 Å². The molecule has 2 N–H and O–H groups in total. The first-order valence-corrected chi connectivity index (χ1v) is 7.67. The maximum absolute atomic E-state index is 12.8. The van der Waals surface area contributed by atoms with Crippen molar-refractivity contribution in [3.05, 3.63) is 28.5 Å². The summed E-state index contributed by atoms with van der Waals surface area (Å²) in [4.78, 5) is 51.5. The lowest BCUT2D eigenvalue weighted by Gasteiger charge is -2.26. The molecule has 0 aliphatic carbocycles. The van der Waals surface area contributed by atoms with E-state index in [1.54, 1.807) is 0 Å². The number of halogens is 1. The Morgan fingerprint density at radius 1 is 1.25 bits per heavy atom. The van der Waals surface area contributed by atoms with E-state index in [-0.39, 0.29) is 18.4 Å². The Balaban J connectivity index is 3.32. The fourth-order valence-electron chi connectivity index (χ4n) is 2.24. The Hall–Kier alpha value is -2.13. The van der Waals surface area contributed by atoms with Crippen molar-refractivity contribution >= 4 is 39.4 Å². The molecule has 1 aromatic heterocycles. The lowest BCUT2D eigenvalue weighted by Crippen LogP contribution is -2.48. The third kappa shape index (κ3) is 4.45. The summed E-state index contributed by atoms with van der Waals surface area (Å²) in [5, 5.41) is 18.3. The van der Waals surface area contributed by atoms with Gasteiger partial charge >= 0.3 is 11.9 Å². The van der Waals surface area contributed by atoms with Gasteiger partial charge in [0.15, 0.2) is 17.0 Å². The number of carboxylic acid groups (broad SMARTS) is 2. The van der Waals surface area contributed by atoms with Crippen LogP contribution in [0, 0.1) is 5.41 Å². The number of hydrogen-bond donors (Lipinski definition) is 2. The third-order valence-corrected chi connectivity index (χ3v) is 3.85. The summed E-state index contributed by atoms with van der Waals surface area (Å²) in [6.45, 7) is -0.577. The maximum Gasteiger partial charge on any atom is 0.325 e. The van der Waals surface area contributed by atoms with Crippen molar-refractivity contribution in [1.82, 2.24) is 4.98 Å². The van der Waals surface area contributed by atoms with Crippen LogP contribution in [-0.4, -0.2) is 52.4 Å². The van der Waals surface area contributed by atoms with Gasteiger partial charge in [-0.15, -0.1) is 0 Å². The second-order valence-electron chi connectivity index (χ2n) is 5.03. The molecule has 1 rings (SSSR count). The zero-order valence-electron chi connectivity index (χ0n) is 12.8. The van der Waals surface area contributed by atoms with Gasteiger partial charge in [0, 0.05) is 36.0 Å². The number of aliphatic carboxylic acids is 2. The Morgan fingerprint density at radius 3 is 2.42 bits per heavy atom. The van der Waals surface area contributed by atoms with Gasteiger partial charge in [0.2, 0.25) is 0 Å². The third-order valence-electron chi connectivity index (χ3n) is 3.41. The fourth-order valence-corrected chi connectivity index (χ4v) is 2.61. The van der Waals surface area contributed by atoms with Crippen LogP contribution in [0.3, 0.4) is 0 Å². The number of pyridine rings is 1. The minimum atomic E-state index is -2.41. The number of nitrogens with zero attached hydrogens (tertiary/aromatic N) is 1. The largest absolute Gasteiger partial charge is 0.481 e. The second-order valence-corrected chi connectivity index (χ2v) is 5.95. The highest BCUT2D eigenvalue weighted by Gasteiger charge is 2.52. The van der Waals surface area contributed by atoms with Gasteiger partial charge in [0.1, 0.15) is 6.61 Å². The number of carbonyl (C=O) groups excluding carboxylic acids is 2. The molecule has 0 bridgehead atoms. The van der Waals surface area contributed by atoms with E-state index in [0.29, 0.717) is 4.47 Å². The van der Waals surface area contributed by atoms with Crippen LogP contribution in [0.5, 0.6) is 0 Å². The first kappa shape index (κ1) is 19.9. The molecule has 8 nitrogen and oxygen atoms in total. The Kier molecular flexibility index (Phi) is 7.18. The SMILES string of the molecule is COCC(=O)C(CCCC(=O)O)(C(=O)O)C(=O)c1cncc(Br)c1. The number of rotatable bonds is 10. The number of ether oxygens (including phenoxy) is 1. The molecule has 1 unspecified atom stereocenters. The van der Waals surface area contributed by atoms with Crippen molar-refractivity contribution in [1.29, 1.82) is 0 Å². The van der Waals surface area contributed by atoms with Crippen molar-refractivity contribution in [2.45, 2.75) is 19.3 Å². The Bertz CT molecular complexity index is 661. The summed E-state index contributed by atoms with van der Waals surface area (Å²) in [5.41, 5.74) is -2.47. The van der Waals surface area contributed by atoms with Gasteiger partial charge in [-0.1, -0.05) is 0 Å². The van der Waals surface area contributed by atoms with E-state index in [0.717, 1.165) is 6.20 Å². The van der Waals surface area contributed by atoms with Crippen molar-refractivity contribution in [2.24, 2.45) is 5.41 Å². The van der Waals surface area contributed by atoms with Gasteiger partial charge in [-0.3, -0.25) is 24.2 Å². The molecule has 130 valence electrons. The number of Topliss-reactive ketones (excluding diaryl/α,β-unsaturated/α-hetero) is 2. The number of methoxy groups -OCH3 is 1. The lowest BCUT2D eigenvalue weighted by atomic mass is 9.73. The summed E-state index contributed by atoms with van der Waals surface area (Å²) >= 11 is 3.12. The van der Waals surface area contributed by atoms with Gasteiger partial charge in [-0.2, -0.15) is 0 Å². The molecule has 0 amide bonds. The monoisotopic (exact) mass is 401 g/mol. The molecule has 1 atom stereocenters. The molecular weight excluding hydrogens is 386 g/mol. The Morgan fingerprint density at radius 2 is 1.92 bits per heavy atom. The summed E-state index contributed by atoms with van der Waals surface area (Å²) in [6, 6.07) is 1.35. The van der Waals surface area contributed by atoms with Gasteiger partial charge in [0.05, 0.1) is 0 Å². The van der Waals surface area contributed by atoms with E-state index < -0.39 is 41.9 Å². The summed E-state index contributed by atoms with van der Waals surface area (Å²) < 4.78 is 5.13. The predicted octanol–water partition coefficient (Wildman–Crippen LogP) is 1.57. The molecule has 0 radical (unpaired) electrons. The maximum atomic E-state index is 12.8. The number of ketones is 2. The van der Waals surface area contributed by atoms with Crippen LogP contribution >= 0.6 is 15.9 Å². The van der Waals surface area contributed by atoms with E-state index in [9.17, 15) is 24.3 Å². The van der Waals surface area contributed by atoms with Gasteiger partial charge in [-0.25, -0.2) is 0 Å². The molecule has 24 heavy (non-hydrogen) atoms. The summed E-state index contributed by atoms with van der Waals surface area (Å²) in [6.07, 6.45) is 1.61. The average molecular weight is 402 g/mol.